The SMILES string of the molecule is CNS(=O)(=O)C[C@H]1CC[C@H](N(C)c2ncnc3c2ccn3C(=O)C(c2ccccc2)N(C(=O)O)C(C)(C)C)CC1. The van der Waals surface area contributed by atoms with Gasteiger partial charge in [-0.2, -0.15) is 0 Å². The molecule has 3 aromatic rings. The lowest BCUT2D eigenvalue weighted by Crippen LogP contribution is -2.50. The molecule has 1 saturated carbocycles. The molecule has 0 spiro atoms. The third-order valence-corrected chi connectivity index (χ3v) is 9.23. The van der Waals surface area contributed by atoms with E-state index in [1.54, 1.807) is 57.3 Å². The number of sulfonamides is 1. The lowest BCUT2D eigenvalue weighted by molar-refractivity contribution is 0.0489. The molecule has 11 nitrogen and oxygen atoms in total. The zero-order valence-electron chi connectivity index (χ0n) is 23.6. The molecule has 0 saturated heterocycles. The number of aromatic nitrogens is 3. The van der Waals surface area contributed by atoms with Crippen molar-refractivity contribution in [2.75, 3.05) is 24.7 Å². The number of carboxylic acid groups (broad SMARTS) is 1. The van der Waals surface area contributed by atoms with Gasteiger partial charge in [-0.15, -0.1) is 0 Å². The number of benzene rings is 1. The highest BCUT2D eigenvalue weighted by Gasteiger charge is 2.40. The first-order valence-electron chi connectivity index (χ1n) is 13.4. The lowest BCUT2D eigenvalue weighted by Gasteiger charge is -2.39. The number of anilines is 1. The smallest absolute Gasteiger partial charge is 0.408 e. The van der Waals surface area contributed by atoms with Crippen molar-refractivity contribution in [2.45, 2.75) is 64.1 Å². The highest BCUT2D eigenvalue weighted by atomic mass is 32.2. The third-order valence-electron chi connectivity index (χ3n) is 7.70. The lowest BCUT2D eigenvalue weighted by atomic mass is 9.86. The van der Waals surface area contributed by atoms with Gasteiger partial charge in [-0.3, -0.25) is 14.3 Å². The van der Waals surface area contributed by atoms with Crippen molar-refractivity contribution in [3.8, 4) is 0 Å². The van der Waals surface area contributed by atoms with Crippen molar-refractivity contribution in [3.05, 3.63) is 54.5 Å². The molecule has 0 aliphatic heterocycles. The van der Waals surface area contributed by atoms with E-state index >= 15 is 0 Å². The Kier molecular flexibility index (Phi) is 8.50. The summed E-state index contributed by atoms with van der Waals surface area (Å²) in [6.45, 7) is 5.28. The second-order valence-corrected chi connectivity index (χ2v) is 13.3. The molecule has 1 aromatic carbocycles. The molecule has 1 fully saturated rings. The minimum absolute atomic E-state index is 0.112. The first-order valence-corrected chi connectivity index (χ1v) is 15.1. The summed E-state index contributed by atoms with van der Waals surface area (Å²) in [5.41, 5.74) is 0.113. The monoisotopic (exact) mass is 570 g/mol. The van der Waals surface area contributed by atoms with Crippen LogP contribution in [0.25, 0.3) is 11.0 Å². The van der Waals surface area contributed by atoms with Gasteiger partial charge in [-0.1, -0.05) is 30.3 Å². The molecule has 1 amide bonds. The predicted molar refractivity (Wildman–Crippen MR) is 154 cm³/mol. The summed E-state index contributed by atoms with van der Waals surface area (Å²) in [5.74, 6) is 0.482. The second-order valence-electron chi connectivity index (χ2n) is 11.4. The van der Waals surface area contributed by atoms with Crippen LogP contribution in [-0.2, 0) is 10.0 Å². The first kappa shape index (κ1) is 29.5. The largest absolute Gasteiger partial charge is 0.465 e. The maximum atomic E-state index is 14.1. The maximum Gasteiger partial charge on any atom is 0.408 e. The zero-order chi connectivity index (χ0) is 29.2. The standard InChI is InChI=1S/C28H38N6O5S/c1-28(2,3)34(27(36)37)23(20-9-7-6-8-10-20)26(35)33-16-15-22-24(30-18-31-25(22)33)32(5)21-13-11-19(12-14-21)17-40(38,39)29-4/h6-10,15-16,18-19,21,23,29H,11-14,17H2,1-5H3,(H,36,37)/t19-,21-,23?. The van der Waals surface area contributed by atoms with Gasteiger partial charge in [0.05, 0.1) is 11.1 Å². The maximum absolute atomic E-state index is 14.1. The van der Waals surface area contributed by atoms with Gasteiger partial charge < -0.3 is 10.0 Å². The molecule has 1 aliphatic carbocycles. The molecule has 0 bridgehead atoms. The Morgan fingerprint density at radius 1 is 1.10 bits per heavy atom. The number of rotatable bonds is 8. The number of nitrogens with zero attached hydrogens (tertiary/aromatic N) is 5. The number of hydrogen-bond acceptors (Lipinski definition) is 7. The quantitative estimate of drug-likeness (QED) is 0.412. The van der Waals surface area contributed by atoms with Crippen molar-refractivity contribution >= 4 is 38.9 Å². The number of nitrogens with one attached hydrogen (secondary N) is 1. The van der Waals surface area contributed by atoms with E-state index in [0.717, 1.165) is 25.7 Å². The highest BCUT2D eigenvalue weighted by Crippen LogP contribution is 2.34. The van der Waals surface area contributed by atoms with E-state index in [2.05, 4.69) is 19.6 Å². The summed E-state index contributed by atoms with van der Waals surface area (Å²) < 4.78 is 27.8. The van der Waals surface area contributed by atoms with E-state index < -0.39 is 33.6 Å². The number of carbonyl (C=O) groups excluding carboxylic acids is 1. The van der Waals surface area contributed by atoms with E-state index in [0.29, 0.717) is 22.4 Å². The summed E-state index contributed by atoms with van der Waals surface area (Å²) in [4.78, 5) is 38.7. The molecule has 4 rings (SSSR count). The van der Waals surface area contributed by atoms with E-state index in [1.807, 2.05) is 13.1 Å². The van der Waals surface area contributed by atoms with Crippen molar-refractivity contribution in [1.82, 2.24) is 24.2 Å². The van der Waals surface area contributed by atoms with Crippen LogP contribution < -0.4 is 9.62 Å². The van der Waals surface area contributed by atoms with E-state index in [-0.39, 0.29) is 17.7 Å². The Labute approximate surface area is 235 Å². The van der Waals surface area contributed by atoms with Crippen molar-refractivity contribution < 1.29 is 23.1 Å². The number of amides is 1. The summed E-state index contributed by atoms with van der Waals surface area (Å²) in [6, 6.07) is 9.74. The molecule has 2 aromatic heterocycles. The molecular weight excluding hydrogens is 532 g/mol. The molecule has 1 unspecified atom stereocenters. The van der Waals surface area contributed by atoms with Gasteiger partial charge >= 0.3 is 6.09 Å². The van der Waals surface area contributed by atoms with E-state index in [1.165, 1.54) is 22.8 Å². The Bertz CT molecular complexity index is 1460. The molecule has 2 N–H and O–H groups in total. The average molecular weight is 571 g/mol. The summed E-state index contributed by atoms with van der Waals surface area (Å²) >= 11 is 0. The first-order chi connectivity index (χ1) is 18.8. The zero-order valence-corrected chi connectivity index (χ0v) is 24.4. The Morgan fingerprint density at radius 3 is 2.33 bits per heavy atom. The Hall–Kier alpha value is -3.51. The molecule has 216 valence electrons. The summed E-state index contributed by atoms with van der Waals surface area (Å²) in [5, 5.41) is 10.8. The fourth-order valence-corrected chi connectivity index (χ4v) is 6.74. The van der Waals surface area contributed by atoms with Gasteiger partial charge in [0.25, 0.3) is 5.91 Å². The third kappa shape index (κ3) is 6.12. The van der Waals surface area contributed by atoms with Gasteiger partial charge in [0, 0.05) is 24.8 Å². The molecule has 1 aliphatic rings. The van der Waals surface area contributed by atoms with Crippen LogP contribution in [0.3, 0.4) is 0 Å². The molecular formula is C28H38N6O5S. The van der Waals surface area contributed by atoms with Crippen LogP contribution in [0.2, 0.25) is 0 Å². The number of carbonyl (C=O) groups is 2. The fraction of sp³-hybridized carbons (Fsp3) is 0.500. The Morgan fingerprint density at radius 2 is 1.75 bits per heavy atom. The van der Waals surface area contributed by atoms with Gasteiger partial charge in [0.1, 0.15) is 18.2 Å². The summed E-state index contributed by atoms with van der Waals surface area (Å²) in [6.07, 6.45) is 5.07. The number of fused-ring (bicyclic) bond motifs is 1. The predicted octanol–water partition coefficient (Wildman–Crippen LogP) is 4.14. The molecule has 40 heavy (non-hydrogen) atoms. The van der Waals surface area contributed by atoms with Gasteiger partial charge in [-0.25, -0.2) is 27.9 Å². The highest BCUT2D eigenvalue weighted by molar-refractivity contribution is 7.89. The van der Waals surface area contributed by atoms with Crippen LogP contribution in [0.1, 0.15) is 62.9 Å². The van der Waals surface area contributed by atoms with Crippen LogP contribution >= 0.6 is 0 Å². The Balaban J connectivity index is 1.65. The van der Waals surface area contributed by atoms with E-state index in [4.69, 9.17) is 0 Å². The average Bonchev–Trinajstić information content (AvgIpc) is 3.35. The van der Waals surface area contributed by atoms with Crippen LogP contribution in [0.15, 0.2) is 48.9 Å². The topological polar surface area (TPSA) is 138 Å². The van der Waals surface area contributed by atoms with Crippen molar-refractivity contribution in [3.63, 3.8) is 0 Å². The normalized spacial score (nSPS) is 18.8. The second kappa shape index (κ2) is 11.5. The van der Waals surface area contributed by atoms with Crippen LogP contribution in [0.4, 0.5) is 10.6 Å². The van der Waals surface area contributed by atoms with Crippen LogP contribution in [0.5, 0.6) is 0 Å². The van der Waals surface area contributed by atoms with Crippen LogP contribution in [0, 0.1) is 5.92 Å². The molecule has 2 heterocycles. The fourth-order valence-electron chi connectivity index (χ4n) is 5.62. The van der Waals surface area contributed by atoms with Crippen molar-refractivity contribution in [2.24, 2.45) is 5.92 Å². The van der Waals surface area contributed by atoms with Crippen LogP contribution in [-0.4, -0.2) is 76.4 Å². The van der Waals surface area contributed by atoms with Gasteiger partial charge in [0.2, 0.25) is 10.0 Å². The molecule has 12 heteroatoms. The van der Waals surface area contributed by atoms with Gasteiger partial charge in [0.15, 0.2) is 5.65 Å². The number of hydrogen-bond donors (Lipinski definition) is 2. The van der Waals surface area contributed by atoms with Gasteiger partial charge in [-0.05, 0) is 71.0 Å². The minimum atomic E-state index is -3.25. The molecule has 0 radical (unpaired) electrons. The van der Waals surface area contributed by atoms with E-state index in [9.17, 15) is 23.1 Å². The van der Waals surface area contributed by atoms with Crippen molar-refractivity contribution in [1.29, 1.82) is 0 Å². The molecule has 1 atom stereocenters. The minimum Gasteiger partial charge on any atom is -0.465 e. The summed E-state index contributed by atoms with van der Waals surface area (Å²) in [7, 11) is 0.143.